The van der Waals surface area contributed by atoms with E-state index in [0.29, 0.717) is 19.4 Å². The van der Waals surface area contributed by atoms with Crippen LogP contribution in [0.1, 0.15) is 72.0 Å². The van der Waals surface area contributed by atoms with Crippen molar-refractivity contribution >= 4 is 23.7 Å². The number of hydrogen-bond acceptors (Lipinski definition) is 8. The molecule has 1 unspecified atom stereocenters. The third-order valence-electron chi connectivity index (χ3n) is 5.59. The van der Waals surface area contributed by atoms with Crippen LogP contribution in [0.25, 0.3) is 0 Å². The van der Waals surface area contributed by atoms with E-state index in [1.54, 1.807) is 34.6 Å². The zero-order valence-electron chi connectivity index (χ0n) is 21.9. The minimum Gasteiger partial charge on any atom is -0.453 e. The number of aryl methyl sites for hydroxylation is 1. The number of nitrogens with one attached hydrogen (secondary N) is 2. The highest BCUT2D eigenvalue weighted by Gasteiger charge is 2.40. The fourth-order valence-electron chi connectivity index (χ4n) is 3.70. The van der Waals surface area contributed by atoms with E-state index in [1.165, 1.54) is 12.0 Å². The second kappa shape index (κ2) is 13.6. The van der Waals surface area contributed by atoms with Gasteiger partial charge in [0.1, 0.15) is 12.1 Å². The lowest BCUT2D eigenvalue weighted by Crippen LogP contribution is -2.57. The molecule has 0 spiro atoms. The Morgan fingerprint density at radius 3 is 2.17 bits per heavy atom. The molecule has 35 heavy (non-hydrogen) atoms. The molecule has 0 radical (unpaired) electrons. The number of nitrogens with zero attached hydrogens (tertiary/aromatic N) is 3. The van der Waals surface area contributed by atoms with Crippen LogP contribution in [0.2, 0.25) is 0 Å². The number of carbonyl (C=O) groups is 4. The third-order valence-corrected chi connectivity index (χ3v) is 5.59. The molecule has 1 aromatic rings. The molecule has 0 aliphatic carbocycles. The predicted molar refractivity (Wildman–Crippen MR) is 128 cm³/mol. The Bertz CT molecular complexity index is 937. The first-order valence-electron chi connectivity index (χ1n) is 12.1. The molecule has 1 aromatic heterocycles. The summed E-state index contributed by atoms with van der Waals surface area (Å²) in [7, 11) is 1.21. The van der Waals surface area contributed by atoms with Crippen LogP contribution in [-0.4, -0.2) is 70.2 Å². The molecule has 2 N–H and O–H groups in total. The van der Waals surface area contributed by atoms with Crippen molar-refractivity contribution in [3.63, 3.8) is 0 Å². The third kappa shape index (κ3) is 7.40. The number of methoxy groups -OCH3 is 1. The monoisotopic (exact) mass is 497 g/mol. The summed E-state index contributed by atoms with van der Waals surface area (Å²) in [5, 5.41) is 9.10. The van der Waals surface area contributed by atoms with E-state index in [2.05, 4.69) is 20.5 Å². The van der Waals surface area contributed by atoms with Crippen molar-refractivity contribution in [2.75, 3.05) is 13.7 Å². The Kier molecular flexibility index (Phi) is 11.6. The van der Waals surface area contributed by atoms with E-state index in [9.17, 15) is 24.0 Å². The van der Waals surface area contributed by atoms with Crippen molar-refractivity contribution in [3.05, 3.63) is 16.4 Å². The molecule has 3 atom stereocenters. The first-order chi connectivity index (χ1) is 16.5. The number of ketones is 1. The smallest absolute Gasteiger partial charge is 0.437 e. The highest BCUT2D eigenvalue weighted by molar-refractivity contribution is 6.00. The van der Waals surface area contributed by atoms with Crippen molar-refractivity contribution in [2.45, 2.75) is 86.0 Å². The van der Waals surface area contributed by atoms with Crippen molar-refractivity contribution in [2.24, 2.45) is 11.8 Å². The molecule has 0 aromatic carbocycles. The molecule has 2 rings (SSSR count). The average molecular weight is 498 g/mol. The van der Waals surface area contributed by atoms with Gasteiger partial charge in [0.15, 0.2) is 0 Å². The summed E-state index contributed by atoms with van der Waals surface area (Å²) >= 11 is 0. The second-order valence-corrected chi connectivity index (χ2v) is 8.63. The van der Waals surface area contributed by atoms with Gasteiger partial charge in [-0.05, 0) is 31.6 Å². The first-order valence-corrected chi connectivity index (χ1v) is 12.1. The number of carbonyl (C=O) groups excluding carboxylic acids is 4. The summed E-state index contributed by atoms with van der Waals surface area (Å²) in [6.45, 7) is 13.3. The van der Waals surface area contributed by atoms with E-state index in [4.69, 9.17) is 4.42 Å². The van der Waals surface area contributed by atoms with Gasteiger partial charge in [-0.2, -0.15) is 4.68 Å². The number of rotatable bonds is 9. The largest absolute Gasteiger partial charge is 0.453 e. The number of hydrogen-bond donors (Lipinski definition) is 2. The predicted octanol–water partition coefficient (Wildman–Crippen LogP) is 1.58. The summed E-state index contributed by atoms with van der Waals surface area (Å²) in [4.78, 5) is 64.0. The first kappa shape index (κ1) is 29.9. The SMILES string of the molecule is CC.CCn1nc(C(=O)C(NC(=O)[C@@H]2CCCN2C(=O)[C@@H](NC(=O)OC)C(C)C)C(C)C)oc1=O. The molecule has 1 saturated heterocycles. The fraction of sp³-hybridized carbons (Fsp3) is 0.739. The van der Waals surface area contributed by atoms with Crippen molar-refractivity contribution in [3.8, 4) is 0 Å². The molecule has 1 aliphatic rings. The molecule has 12 heteroatoms. The van der Waals surface area contributed by atoms with Crippen LogP contribution in [0.3, 0.4) is 0 Å². The fourth-order valence-corrected chi connectivity index (χ4v) is 3.70. The minimum absolute atomic E-state index is 0.234. The van der Waals surface area contributed by atoms with Crippen LogP contribution in [0.5, 0.6) is 0 Å². The van der Waals surface area contributed by atoms with Gasteiger partial charge in [0, 0.05) is 13.1 Å². The second-order valence-electron chi connectivity index (χ2n) is 8.63. The Hall–Kier alpha value is -3.18. The van der Waals surface area contributed by atoms with Gasteiger partial charge in [-0.3, -0.25) is 14.4 Å². The van der Waals surface area contributed by atoms with Gasteiger partial charge in [-0.15, -0.1) is 5.10 Å². The average Bonchev–Trinajstić information content (AvgIpc) is 3.47. The zero-order valence-corrected chi connectivity index (χ0v) is 21.9. The topological polar surface area (TPSA) is 153 Å². The van der Waals surface area contributed by atoms with Crippen molar-refractivity contribution < 1.29 is 28.3 Å². The number of aromatic nitrogens is 2. The number of amides is 3. The minimum atomic E-state index is -0.993. The number of Topliss-reactive ketones (excluding diaryl/α,β-unsaturated/α-hetero) is 1. The Morgan fingerprint density at radius 2 is 1.69 bits per heavy atom. The van der Waals surface area contributed by atoms with E-state index >= 15 is 0 Å². The molecular formula is C23H39N5O7. The molecule has 0 bridgehead atoms. The summed E-state index contributed by atoms with van der Waals surface area (Å²) in [6.07, 6.45) is 0.281. The van der Waals surface area contributed by atoms with Gasteiger partial charge in [0.2, 0.25) is 17.6 Å². The highest BCUT2D eigenvalue weighted by Crippen LogP contribution is 2.21. The van der Waals surface area contributed by atoms with E-state index in [0.717, 1.165) is 4.68 Å². The van der Waals surface area contributed by atoms with E-state index in [1.807, 2.05) is 13.8 Å². The molecule has 0 saturated carbocycles. The zero-order chi connectivity index (χ0) is 26.9. The van der Waals surface area contributed by atoms with Gasteiger partial charge in [-0.1, -0.05) is 41.5 Å². The molecule has 1 aliphatic heterocycles. The van der Waals surface area contributed by atoms with Crippen molar-refractivity contribution in [1.29, 1.82) is 0 Å². The molecule has 198 valence electrons. The summed E-state index contributed by atoms with van der Waals surface area (Å²) in [5.74, 6) is -3.19. The van der Waals surface area contributed by atoms with Crippen LogP contribution >= 0.6 is 0 Å². The van der Waals surface area contributed by atoms with Gasteiger partial charge >= 0.3 is 11.8 Å². The maximum absolute atomic E-state index is 13.1. The van der Waals surface area contributed by atoms with Gasteiger partial charge in [-0.25, -0.2) is 9.59 Å². The molecule has 12 nitrogen and oxygen atoms in total. The lowest BCUT2D eigenvalue weighted by atomic mass is 9.98. The lowest BCUT2D eigenvalue weighted by Gasteiger charge is -2.31. The maximum atomic E-state index is 13.1. The van der Waals surface area contributed by atoms with Gasteiger partial charge in [0.05, 0.1) is 13.2 Å². The van der Waals surface area contributed by atoms with E-state index in [-0.39, 0.29) is 24.3 Å². The summed E-state index contributed by atoms with van der Waals surface area (Å²) in [5.41, 5.74) is 0. The number of ether oxygens (including phenoxy) is 1. The van der Waals surface area contributed by atoms with Crippen LogP contribution in [-0.2, 0) is 20.9 Å². The van der Waals surface area contributed by atoms with Crippen LogP contribution in [0.4, 0.5) is 4.79 Å². The normalized spacial score (nSPS) is 16.9. The Labute approximate surface area is 205 Å². The Morgan fingerprint density at radius 1 is 1.09 bits per heavy atom. The number of likely N-dealkylation sites (tertiary alicyclic amines) is 1. The van der Waals surface area contributed by atoms with Crippen LogP contribution < -0.4 is 16.4 Å². The highest BCUT2D eigenvalue weighted by atomic mass is 16.5. The van der Waals surface area contributed by atoms with E-state index < -0.39 is 47.6 Å². The molecule has 3 amide bonds. The van der Waals surface area contributed by atoms with Gasteiger partial charge in [0.25, 0.3) is 5.89 Å². The summed E-state index contributed by atoms with van der Waals surface area (Å²) in [6, 6.07) is -2.65. The quantitative estimate of drug-likeness (QED) is 0.488. The molecule has 1 fully saturated rings. The summed E-state index contributed by atoms with van der Waals surface area (Å²) < 4.78 is 10.6. The van der Waals surface area contributed by atoms with Crippen LogP contribution in [0, 0.1) is 11.8 Å². The molecule has 2 heterocycles. The van der Waals surface area contributed by atoms with Crippen LogP contribution in [0.15, 0.2) is 9.21 Å². The van der Waals surface area contributed by atoms with Crippen molar-refractivity contribution in [1.82, 2.24) is 25.3 Å². The molecular weight excluding hydrogens is 458 g/mol. The maximum Gasteiger partial charge on any atom is 0.437 e. The van der Waals surface area contributed by atoms with Gasteiger partial charge < -0.3 is 24.7 Å². The standard InChI is InChI=1S/C21H33N5O7.C2H6/c1-7-26-21(31)33-18(24-26)16(27)14(11(2)3)22-17(28)13-9-8-10-25(13)19(29)15(12(4)5)23-20(30)32-6;1-2/h11-15H,7-10H2,1-6H3,(H,22,28)(H,23,30);1-2H3/t13-,14?,15-;/m0./s1. The lowest BCUT2D eigenvalue weighted by molar-refractivity contribution is -0.141. The number of alkyl carbamates (subject to hydrolysis) is 1. The Balaban J connectivity index is 0.00000298.